The molecule has 1 aromatic rings. The third-order valence-corrected chi connectivity index (χ3v) is 3.39. The first-order valence-electron chi connectivity index (χ1n) is 6.28. The average molecular weight is 297 g/mol. The number of azide groups is 1. The second kappa shape index (κ2) is 6.10. The van der Waals surface area contributed by atoms with E-state index >= 15 is 0 Å². The number of H-pyrrole nitrogens is 1. The van der Waals surface area contributed by atoms with Gasteiger partial charge >= 0.3 is 5.69 Å². The predicted octanol–water partition coefficient (Wildman–Crippen LogP) is -0.835. The van der Waals surface area contributed by atoms with Crippen molar-refractivity contribution >= 4 is 0 Å². The Hall–Kier alpha value is -2.13. The summed E-state index contributed by atoms with van der Waals surface area (Å²) in [6.45, 7) is 1.03. The molecule has 0 spiro atoms. The molecule has 1 aliphatic rings. The number of aliphatic hydroxyl groups excluding tert-OH is 2. The Morgan fingerprint density at radius 3 is 2.95 bits per heavy atom. The standard InChI is InChI=1S/C11H15N5O5/c1-5-3-16(11(20)13-10(5)19)8-2-6(14-15-12)9(18)7(4-17)21-8/h3,6-9,17-18H,2,4H2,1H3,(H,13,19,20)/t6-,7-,8-,9+/m1/s1. The lowest BCUT2D eigenvalue weighted by atomic mass is 9.99. The number of aromatic nitrogens is 2. The summed E-state index contributed by atoms with van der Waals surface area (Å²) in [5.74, 6) is 0. The second-order valence-electron chi connectivity index (χ2n) is 4.79. The SMILES string of the molecule is Cc1cn([C@H]2C[C@@H](N=[N+]=[N-])[C@H](O)[C@@H](CO)O2)c(=O)[nH]c1=O. The maximum Gasteiger partial charge on any atom is 0.330 e. The molecule has 1 aromatic heterocycles. The molecule has 2 heterocycles. The summed E-state index contributed by atoms with van der Waals surface area (Å²) in [7, 11) is 0. The van der Waals surface area contributed by atoms with Crippen LogP contribution in [0.25, 0.3) is 10.4 Å². The molecule has 2 rings (SSSR count). The lowest BCUT2D eigenvalue weighted by Gasteiger charge is -2.37. The van der Waals surface area contributed by atoms with Crippen LogP contribution in [0.2, 0.25) is 0 Å². The van der Waals surface area contributed by atoms with Crippen molar-refractivity contribution in [3.05, 3.63) is 43.0 Å². The second-order valence-corrected chi connectivity index (χ2v) is 4.79. The third-order valence-electron chi connectivity index (χ3n) is 3.39. The Labute approximate surface area is 118 Å². The van der Waals surface area contributed by atoms with Gasteiger partial charge < -0.3 is 14.9 Å². The fourth-order valence-corrected chi connectivity index (χ4v) is 2.24. The molecule has 1 fully saturated rings. The molecular weight excluding hydrogens is 282 g/mol. The molecule has 4 atom stereocenters. The number of nitrogens with one attached hydrogen (secondary N) is 1. The number of hydrogen-bond acceptors (Lipinski definition) is 6. The van der Waals surface area contributed by atoms with E-state index in [0.29, 0.717) is 5.56 Å². The van der Waals surface area contributed by atoms with E-state index < -0.39 is 42.3 Å². The molecule has 0 bridgehead atoms. The molecule has 0 amide bonds. The molecule has 21 heavy (non-hydrogen) atoms. The minimum absolute atomic E-state index is 0.0487. The van der Waals surface area contributed by atoms with Gasteiger partial charge in [0.2, 0.25) is 0 Å². The molecule has 0 saturated carbocycles. The van der Waals surface area contributed by atoms with Gasteiger partial charge in [0.15, 0.2) is 0 Å². The zero-order chi connectivity index (χ0) is 15.6. The van der Waals surface area contributed by atoms with Crippen LogP contribution in [-0.2, 0) is 4.74 Å². The minimum atomic E-state index is -1.17. The van der Waals surface area contributed by atoms with Crippen molar-refractivity contribution in [2.24, 2.45) is 5.11 Å². The van der Waals surface area contributed by atoms with Crippen LogP contribution in [0.5, 0.6) is 0 Å². The van der Waals surface area contributed by atoms with E-state index in [9.17, 15) is 19.8 Å². The molecule has 10 heteroatoms. The first-order chi connectivity index (χ1) is 9.97. The molecule has 0 radical (unpaired) electrons. The maximum absolute atomic E-state index is 11.8. The number of hydrogen-bond donors (Lipinski definition) is 3. The van der Waals surface area contributed by atoms with Gasteiger partial charge in [-0.3, -0.25) is 14.3 Å². The predicted molar refractivity (Wildman–Crippen MR) is 70.6 cm³/mol. The highest BCUT2D eigenvalue weighted by Gasteiger charge is 2.38. The number of nitrogens with zero attached hydrogens (tertiary/aromatic N) is 4. The molecule has 114 valence electrons. The van der Waals surface area contributed by atoms with Gasteiger partial charge in [-0.2, -0.15) is 0 Å². The molecule has 0 aromatic carbocycles. The monoisotopic (exact) mass is 297 g/mol. The van der Waals surface area contributed by atoms with Crippen molar-refractivity contribution < 1.29 is 14.9 Å². The van der Waals surface area contributed by atoms with Crippen molar-refractivity contribution in [2.45, 2.75) is 37.8 Å². The quantitative estimate of drug-likeness (QED) is 0.377. The van der Waals surface area contributed by atoms with Crippen LogP contribution in [-0.4, -0.2) is 44.6 Å². The molecule has 1 saturated heterocycles. The van der Waals surface area contributed by atoms with Crippen molar-refractivity contribution in [2.75, 3.05) is 6.61 Å². The van der Waals surface area contributed by atoms with Crippen molar-refractivity contribution in [1.82, 2.24) is 9.55 Å². The number of aryl methyl sites for hydroxylation is 1. The fraction of sp³-hybridized carbons (Fsp3) is 0.636. The maximum atomic E-state index is 11.8. The highest BCUT2D eigenvalue weighted by atomic mass is 16.5. The first kappa shape index (κ1) is 15.3. The smallest absolute Gasteiger partial charge is 0.330 e. The van der Waals surface area contributed by atoms with Crippen LogP contribution in [0.1, 0.15) is 18.2 Å². The van der Waals surface area contributed by atoms with Crippen LogP contribution in [0, 0.1) is 6.92 Å². The Morgan fingerprint density at radius 1 is 1.62 bits per heavy atom. The van der Waals surface area contributed by atoms with Crippen molar-refractivity contribution in [1.29, 1.82) is 0 Å². The van der Waals surface area contributed by atoms with Gasteiger partial charge in [0.05, 0.1) is 18.8 Å². The van der Waals surface area contributed by atoms with Crippen LogP contribution < -0.4 is 11.2 Å². The van der Waals surface area contributed by atoms with Crippen LogP contribution in [0.15, 0.2) is 20.9 Å². The van der Waals surface area contributed by atoms with Gasteiger partial charge in [0.25, 0.3) is 5.56 Å². The van der Waals surface area contributed by atoms with Gasteiger partial charge in [-0.15, -0.1) is 0 Å². The summed E-state index contributed by atoms with van der Waals surface area (Å²) in [6.07, 6.45) is -1.64. The molecular formula is C11H15N5O5. The van der Waals surface area contributed by atoms with Gasteiger partial charge in [-0.25, -0.2) is 4.79 Å². The van der Waals surface area contributed by atoms with E-state index in [2.05, 4.69) is 15.0 Å². The largest absolute Gasteiger partial charge is 0.394 e. The Bertz CT molecular complexity index is 676. The van der Waals surface area contributed by atoms with Gasteiger partial charge in [0.1, 0.15) is 12.3 Å². The summed E-state index contributed by atoms with van der Waals surface area (Å²) in [4.78, 5) is 28.0. The lowest BCUT2D eigenvalue weighted by molar-refractivity contribution is -0.167. The number of rotatable bonds is 3. The zero-order valence-corrected chi connectivity index (χ0v) is 11.2. The summed E-state index contributed by atoms with van der Waals surface area (Å²) < 4.78 is 6.59. The van der Waals surface area contributed by atoms with Crippen LogP contribution in [0.4, 0.5) is 0 Å². The van der Waals surface area contributed by atoms with Gasteiger partial charge in [-0.05, 0) is 12.5 Å². The van der Waals surface area contributed by atoms with E-state index in [4.69, 9.17) is 10.3 Å². The highest BCUT2D eigenvalue weighted by molar-refractivity contribution is 5.02. The number of aliphatic hydroxyl groups is 2. The van der Waals surface area contributed by atoms with E-state index in [1.165, 1.54) is 13.1 Å². The normalized spacial score (nSPS) is 28.9. The van der Waals surface area contributed by atoms with Crippen LogP contribution >= 0.6 is 0 Å². The van der Waals surface area contributed by atoms with Crippen molar-refractivity contribution in [3.63, 3.8) is 0 Å². The lowest BCUT2D eigenvalue weighted by Crippen LogP contribution is -2.49. The Morgan fingerprint density at radius 2 is 2.33 bits per heavy atom. The van der Waals surface area contributed by atoms with Gasteiger partial charge in [-0.1, -0.05) is 5.11 Å². The summed E-state index contributed by atoms with van der Waals surface area (Å²) in [5.41, 5.74) is 7.65. The third kappa shape index (κ3) is 2.98. The summed E-state index contributed by atoms with van der Waals surface area (Å²) >= 11 is 0. The minimum Gasteiger partial charge on any atom is -0.394 e. The van der Waals surface area contributed by atoms with E-state index in [1.54, 1.807) is 0 Å². The van der Waals surface area contributed by atoms with E-state index in [1.807, 2.05) is 0 Å². The molecule has 10 nitrogen and oxygen atoms in total. The van der Waals surface area contributed by atoms with E-state index in [0.717, 1.165) is 4.57 Å². The van der Waals surface area contributed by atoms with Gasteiger partial charge in [0, 0.05) is 23.1 Å². The highest BCUT2D eigenvalue weighted by Crippen LogP contribution is 2.28. The van der Waals surface area contributed by atoms with Crippen molar-refractivity contribution in [3.8, 4) is 0 Å². The Kier molecular flexibility index (Phi) is 4.43. The molecule has 0 aliphatic carbocycles. The zero-order valence-electron chi connectivity index (χ0n) is 11.2. The number of ether oxygens (including phenoxy) is 1. The molecule has 0 unspecified atom stereocenters. The van der Waals surface area contributed by atoms with E-state index in [-0.39, 0.29) is 6.42 Å². The first-order valence-corrected chi connectivity index (χ1v) is 6.28. The summed E-state index contributed by atoms with van der Waals surface area (Å²) in [6, 6.07) is -0.843. The average Bonchev–Trinajstić information content (AvgIpc) is 2.45. The molecule has 3 N–H and O–H groups in total. The molecule has 1 aliphatic heterocycles. The Balaban J connectivity index is 2.39. The number of aromatic amines is 1. The summed E-state index contributed by atoms with van der Waals surface area (Å²) in [5, 5.41) is 22.6. The van der Waals surface area contributed by atoms with Crippen LogP contribution in [0.3, 0.4) is 0 Å². The fourth-order valence-electron chi connectivity index (χ4n) is 2.24. The topological polar surface area (TPSA) is 153 Å².